The van der Waals surface area contributed by atoms with E-state index in [1.807, 2.05) is 0 Å². The number of non-ortho nitro benzene ring substituents is 1. The molecule has 1 unspecified atom stereocenters. The van der Waals surface area contributed by atoms with Gasteiger partial charge < -0.3 is 10.8 Å². The topological polar surface area (TPSA) is 106 Å². The number of nitrogens with two attached hydrogens (primary N) is 1. The maximum Gasteiger partial charge on any atom is 0.317 e. The quantitative estimate of drug-likeness (QED) is 0.453. The molecule has 1 rings (SSSR count). The fourth-order valence-corrected chi connectivity index (χ4v) is 2.17. The fourth-order valence-electron chi connectivity index (χ4n) is 1.19. The molecule has 17 heavy (non-hydrogen) atoms. The highest BCUT2D eigenvalue weighted by Crippen LogP contribution is 2.27. The van der Waals surface area contributed by atoms with Gasteiger partial charge in [0.1, 0.15) is 5.25 Å². The predicted octanol–water partition coefficient (Wildman–Crippen LogP) is 1.49. The zero-order chi connectivity index (χ0) is 12.8. The van der Waals surface area contributed by atoms with Gasteiger partial charge in [-0.3, -0.25) is 14.9 Å². The van der Waals surface area contributed by atoms with Gasteiger partial charge in [-0.1, -0.05) is 0 Å². The first-order chi connectivity index (χ1) is 8.04. The van der Waals surface area contributed by atoms with Crippen molar-refractivity contribution in [2.75, 3.05) is 6.54 Å². The van der Waals surface area contributed by atoms with Crippen LogP contribution in [0.15, 0.2) is 29.2 Å². The van der Waals surface area contributed by atoms with Crippen molar-refractivity contribution in [3.63, 3.8) is 0 Å². The highest BCUT2D eigenvalue weighted by Gasteiger charge is 2.18. The molecule has 0 saturated heterocycles. The van der Waals surface area contributed by atoms with Crippen LogP contribution in [0.25, 0.3) is 0 Å². The van der Waals surface area contributed by atoms with Crippen LogP contribution >= 0.6 is 11.8 Å². The standard InChI is InChI=1S/C10H12N2O4S/c11-6-5-9(10(13)14)17-8-3-1-7(2-4-8)12(15)16/h1-4,9H,5-6,11H2,(H,13,14). The van der Waals surface area contributed by atoms with E-state index in [0.29, 0.717) is 11.3 Å². The molecule has 0 spiro atoms. The molecule has 1 atom stereocenters. The molecule has 7 heteroatoms. The van der Waals surface area contributed by atoms with Gasteiger partial charge >= 0.3 is 5.97 Å². The summed E-state index contributed by atoms with van der Waals surface area (Å²) in [5.41, 5.74) is 5.30. The number of carbonyl (C=O) groups is 1. The number of hydrogen-bond donors (Lipinski definition) is 2. The second kappa shape index (κ2) is 6.21. The summed E-state index contributed by atoms with van der Waals surface area (Å²) >= 11 is 1.14. The van der Waals surface area contributed by atoms with E-state index in [2.05, 4.69) is 0 Å². The Morgan fingerprint density at radius 1 is 1.47 bits per heavy atom. The summed E-state index contributed by atoms with van der Waals surface area (Å²) in [7, 11) is 0. The van der Waals surface area contributed by atoms with Gasteiger partial charge in [-0.05, 0) is 25.1 Å². The third-order valence-corrected chi connectivity index (χ3v) is 3.30. The van der Waals surface area contributed by atoms with Crippen molar-refractivity contribution < 1.29 is 14.8 Å². The van der Waals surface area contributed by atoms with E-state index in [9.17, 15) is 14.9 Å². The van der Waals surface area contributed by atoms with Crippen LogP contribution in [0.2, 0.25) is 0 Å². The molecule has 1 aromatic carbocycles. The summed E-state index contributed by atoms with van der Waals surface area (Å²) in [6.07, 6.45) is 0.358. The molecule has 0 aliphatic heterocycles. The van der Waals surface area contributed by atoms with Crippen molar-refractivity contribution in [3.8, 4) is 0 Å². The zero-order valence-corrected chi connectivity index (χ0v) is 9.72. The lowest BCUT2D eigenvalue weighted by Crippen LogP contribution is -2.20. The van der Waals surface area contributed by atoms with Gasteiger partial charge in [-0.25, -0.2) is 0 Å². The van der Waals surface area contributed by atoms with E-state index in [1.54, 1.807) is 0 Å². The number of aliphatic carboxylic acids is 1. The monoisotopic (exact) mass is 256 g/mol. The summed E-state index contributed by atoms with van der Waals surface area (Å²) in [6.45, 7) is 0.289. The Kier molecular flexibility index (Phi) is 4.92. The first kappa shape index (κ1) is 13.5. The first-order valence-electron chi connectivity index (χ1n) is 4.88. The summed E-state index contributed by atoms with van der Waals surface area (Å²) < 4.78 is 0. The summed E-state index contributed by atoms with van der Waals surface area (Å²) in [5.74, 6) is -0.932. The molecule has 6 nitrogen and oxygen atoms in total. The maximum absolute atomic E-state index is 10.9. The second-order valence-corrected chi connectivity index (χ2v) is 4.55. The van der Waals surface area contributed by atoms with Gasteiger partial charge in [0.2, 0.25) is 0 Å². The van der Waals surface area contributed by atoms with Crippen molar-refractivity contribution >= 4 is 23.4 Å². The maximum atomic E-state index is 10.9. The van der Waals surface area contributed by atoms with E-state index < -0.39 is 16.1 Å². The van der Waals surface area contributed by atoms with Gasteiger partial charge in [-0.15, -0.1) is 11.8 Å². The van der Waals surface area contributed by atoms with Crippen molar-refractivity contribution in [2.45, 2.75) is 16.6 Å². The minimum absolute atomic E-state index is 0.0138. The highest BCUT2D eigenvalue weighted by atomic mass is 32.2. The molecule has 3 N–H and O–H groups in total. The van der Waals surface area contributed by atoms with Crippen molar-refractivity contribution in [1.82, 2.24) is 0 Å². The van der Waals surface area contributed by atoms with Crippen molar-refractivity contribution in [2.24, 2.45) is 5.73 Å². The van der Waals surface area contributed by atoms with Gasteiger partial charge in [0.25, 0.3) is 5.69 Å². The third kappa shape index (κ3) is 4.04. The molecular formula is C10H12N2O4S. The average molecular weight is 256 g/mol. The lowest BCUT2D eigenvalue weighted by molar-refractivity contribution is -0.384. The van der Waals surface area contributed by atoms with E-state index >= 15 is 0 Å². The Morgan fingerprint density at radius 2 is 2.06 bits per heavy atom. The SMILES string of the molecule is NCCC(Sc1ccc([N+](=O)[O-])cc1)C(=O)O. The van der Waals surface area contributed by atoms with Crippen LogP contribution in [0.4, 0.5) is 5.69 Å². The van der Waals surface area contributed by atoms with Crippen molar-refractivity contribution in [1.29, 1.82) is 0 Å². The van der Waals surface area contributed by atoms with Gasteiger partial charge in [0, 0.05) is 17.0 Å². The highest BCUT2D eigenvalue weighted by molar-refractivity contribution is 8.00. The summed E-state index contributed by atoms with van der Waals surface area (Å²) in [6, 6.07) is 5.78. The van der Waals surface area contributed by atoms with Crippen LogP contribution in [-0.4, -0.2) is 27.8 Å². The Labute approximate surface area is 102 Å². The van der Waals surface area contributed by atoms with E-state index in [0.717, 1.165) is 11.8 Å². The smallest absolute Gasteiger partial charge is 0.317 e. The molecule has 92 valence electrons. The van der Waals surface area contributed by atoms with Crippen LogP contribution in [0.1, 0.15) is 6.42 Å². The molecule has 0 aliphatic rings. The Hall–Kier alpha value is -1.60. The molecule has 0 heterocycles. The predicted molar refractivity (Wildman–Crippen MR) is 64.0 cm³/mol. The average Bonchev–Trinajstić information content (AvgIpc) is 2.29. The minimum atomic E-state index is -0.932. The Balaban J connectivity index is 2.73. The van der Waals surface area contributed by atoms with E-state index in [-0.39, 0.29) is 12.2 Å². The number of carboxylic acid groups (broad SMARTS) is 1. The Bertz CT molecular complexity index is 407. The normalized spacial score (nSPS) is 12.1. The molecule has 0 amide bonds. The molecule has 0 bridgehead atoms. The molecule has 0 fully saturated rings. The molecular weight excluding hydrogens is 244 g/mol. The molecule has 1 aromatic rings. The molecule has 0 aromatic heterocycles. The number of nitro groups is 1. The van der Waals surface area contributed by atoms with Crippen LogP contribution < -0.4 is 5.73 Å². The third-order valence-electron chi connectivity index (χ3n) is 2.03. The van der Waals surface area contributed by atoms with Crippen LogP contribution in [0, 0.1) is 10.1 Å². The number of hydrogen-bond acceptors (Lipinski definition) is 5. The lowest BCUT2D eigenvalue weighted by atomic mass is 10.3. The molecule has 0 saturated carbocycles. The van der Waals surface area contributed by atoms with Crippen LogP contribution in [0.3, 0.4) is 0 Å². The second-order valence-electron chi connectivity index (χ2n) is 3.27. The fraction of sp³-hybridized carbons (Fsp3) is 0.300. The van der Waals surface area contributed by atoms with E-state index in [4.69, 9.17) is 10.8 Å². The number of thioether (sulfide) groups is 1. The number of benzene rings is 1. The van der Waals surface area contributed by atoms with Crippen LogP contribution in [0.5, 0.6) is 0 Å². The zero-order valence-electron chi connectivity index (χ0n) is 8.91. The van der Waals surface area contributed by atoms with Gasteiger partial charge in [0.05, 0.1) is 4.92 Å². The van der Waals surface area contributed by atoms with Gasteiger partial charge in [-0.2, -0.15) is 0 Å². The number of nitro benzene ring substituents is 1. The molecule has 0 radical (unpaired) electrons. The molecule has 0 aliphatic carbocycles. The Morgan fingerprint density at radius 3 is 2.47 bits per heavy atom. The minimum Gasteiger partial charge on any atom is -0.480 e. The lowest BCUT2D eigenvalue weighted by Gasteiger charge is -2.10. The van der Waals surface area contributed by atoms with E-state index in [1.165, 1.54) is 24.3 Å². The van der Waals surface area contributed by atoms with Gasteiger partial charge in [0.15, 0.2) is 0 Å². The van der Waals surface area contributed by atoms with Crippen molar-refractivity contribution in [3.05, 3.63) is 34.4 Å². The largest absolute Gasteiger partial charge is 0.480 e. The number of carboxylic acids is 1. The number of nitrogens with zero attached hydrogens (tertiary/aromatic N) is 1. The number of rotatable bonds is 6. The summed E-state index contributed by atoms with van der Waals surface area (Å²) in [5, 5.41) is 18.7. The van der Waals surface area contributed by atoms with Crippen LogP contribution in [-0.2, 0) is 4.79 Å². The first-order valence-corrected chi connectivity index (χ1v) is 5.76. The summed E-state index contributed by atoms with van der Waals surface area (Å²) in [4.78, 5) is 21.5.